The molecule has 0 fully saturated rings. The van der Waals surface area contributed by atoms with Crippen LogP contribution in [0.5, 0.6) is 17.4 Å². The molecule has 0 radical (unpaired) electrons. The Balaban J connectivity index is 2.43. The maximum atomic E-state index is 6.06. The van der Waals surface area contributed by atoms with Crippen LogP contribution in [0.15, 0.2) is 18.5 Å². The molecule has 112 valence electrons. The zero-order valence-electron chi connectivity index (χ0n) is 11.8. The molecule has 2 rings (SSSR count). The summed E-state index contributed by atoms with van der Waals surface area (Å²) in [4.78, 5) is 7.99. The van der Waals surface area contributed by atoms with E-state index in [1.54, 1.807) is 12.1 Å². The normalized spacial score (nSPS) is 10.1. The third-order valence-corrected chi connectivity index (χ3v) is 3.06. The van der Waals surface area contributed by atoms with Crippen molar-refractivity contribution in [3.63, 3.8) is 0 Å². The zero-order chi connectivity index (χ0) is 15.4. The van der Waals surface area contributed by atoms with Crippen molar-refractivity contribution in [2.45, 2.75) is 0 Å². The Bertz CT molecular complexity index is 652. The zero-order valence-corrected chi connectivity index (χ0v) is 12.6. The maximum absolute atomic E-state index is 6.06. The summed E-state index contributed by atoms with van der Waals surface area (Å²) >= 11 is 6.06. The van der Waals surface area contributed by atoms with E-state index < -0.39 is 0 Å². The SMILES string of the molecule is COc1cc(Nc2ncnc(OC)c2N)c(OC)cc1Cl. The van der Waals surface area contributed by atoms with Crippen LogP contribution >= 0.6 is 11.6 Å². The number of nitrogens with two attached hydrogens (primary N) is 1. The van der Waals surface area contributed by atoms with Crippen LogP contribution in [0.1, 0.15) is 0 Å². The van der Waals surface area contributed by atoms with Gasteiger partial charge in [-0.05, 0) is 0 Å². The molecule has 7 nitrogen and oxygen atoms in total. The van der Waals surface area contributed by atoms with Crippen molar-refractivity contribution in [2.75, 3.05) is 32.4 Å². The molecule has 0 unspecified atom stereocenters. The van der Waals surface area contributed by atoms with E-state index >= 15 is 0 Å². The number of nitrogens with one attached hydrogen (secondary N) is 1. The number of nitrogen functional groups attached to an aromatic ring is 1. The number of hydrogen-bond donors (Lipinski definition) is 2. The van der Waals surface area contributed by atoms with Crippen molar-refractivity contribution in [2.24, 2.45) is 0 Å². The lowest BCUT2D eigenvalue weighted by atomic mass is 10.2. The van der Waals surface area contributed by atoms with Crippen LogP contribution in [0.3, 0.4) is 0 Å². The van der Waals surface area contributed by atoms with Crippen molar-refractivity contribution < 1.29 is 14.2 Å². The molecule has 1 aromatic carbocycles. The molecule has 0 amide bonds. The van der Waals surface area contributed by atoms with Crippen molar-refractivity contribution in [3.05, 3.63) is 23.5 Å². The molecule has 1 aromatic heterocycles. The largest absolute Gasteiger partial charge is 0.495 e. The second-order valence-electron chi connectivity index (χ2n) is 3.96. The molecule has 0 saturated carbocycles. The predicted molar refractivity (Wildman–Crippen MR) is 80.8 cm³/mol. The smallest absolute Gasteiger partial charge is 0.242 e. The molecule has 0 atom stereocenters. The van der Waals surface area contributed by atoms with Gasteiger partial charge in [0.25, 0.3) is 0 Å². The van der Waals surface area contributed by atoms with Gasteiger partial charge < -0.3 is 25.3 Å². The molecule has 0 aliphatic carbocycles. The summed E-state index contributed by atoms with van der Waals surface area (Å²) in [5.41, 5.74) is 6.81. The summed E-state index contributed by atoms with van der Waals surface area (Å²) in [6, 6.07) is 3.33. The number of aromatic nitrogens is 2. The van der Waals surface area contributed by atoms with Crippen molar-refractivity contribution in [3.8, 4) is 17.4 Å². The van der Waals surface area contributed by atoms with Crippen LogP contribution in [0.4, 0.5) is 17.2 Å². The lowest BCUT2D eigenvalue weighted by molar-refractivity contribution is 0.399. The monoisotopic (exact) mass is 310 g/mol. The topological polar surface area (TPSA) is 91.5 Å². The Morgan fingerprint density at radius 1 is 1.05 bits per heavy atom. The second kappa shape index (κ2) is 6.36. The van der Waals surface area contributed by atoms with Crippen LogP contribution in [-0.4, -0.2) is 31.3 Å². The van der Waals surface area contributed by atoms with Crippen LogP contribution in [0, 0.1) is 0 Å². The number of hydrogen-bond acceptors (Lipinski definition) is 7. The van der Waals surface area contributed by atoms with Crippen LogP contribution < -0.4 is 25.3 Å². The quantitative estimate of drug-likeness (QED) is 0.876. The van der Waals surface area contributed by atoms with Crippen LogP contribution in [0.2, 0.25) is 5.02 Å². The van der Waals surface area contributed by atoms with E-state index in [4.69, 9.17) is 31.5 Å². The van der Waals surface area contributed by atoms with E-state index in [9.17, 15) is 0 Å². The molecular weight excluding hydrogens is 296 g/mol. The van der Waals surface area contributed by atoms with Gasteiger partial charge >= 0.3 is 0 Å². The standard InChI is InChI=1S/C13H15ClN4O3/c1-19-9-5-8(10(20-2)4-7(9)14)18-12-11(15)13(21-3)17-6-16-12/h4-6H,15H2,1-3H3,(H,16,17,18). The summed E-state index contributed by atoms with van der Waals surface area (Å²) in [5.74, 6) is 1.70. The number of ether oxygens (including phenoxy) is 3. The second-order valence-corrected chi connectivity index (χ2v) is 4.36. The van der Waals surface area contributed by atoms with Gasteiger partial charge in [-0.15, -0.1) is 0 Å². The van der Waals surface area contributed by atoms with Crippen molar-refractivity contribution in [1.29, 1.82) is 0 Å². The van der Waals surface area contributed by atoms with Crippen molar-refractivity contribution >= 4 is 28.8 Å². The highest BCUT2D eigenvalue weighted by Gasteiger charge is 2.14. The lowest BCUT2D eigenvalue weighted by Crippen LogP contribution is -2.04. The molecule has 0 spiro atoms. The summed E-state index contributed by atoms with van der Waals surface area (Å²) in [6.45, 7) is 0. The fourth-order valence-electron chi connectivity index (χ4n) is 1.73. The number of rotatable bonds is 5. The fourth-order valence-corrected chi connectivity index (χ4v) is 1.96. The molecule has 3 N–H and O–H groups in total. The minimum absolute atomic E-state index is 0.285. The average Bonchev–Trinajstić information content (AvgIpc) is 2.50. The van der Waals surface area contributed by atoms with Gasteiger partial charge in [0, 0.05) is 12.1 Å². The summed E-state index contributed by atoms with van der Waals surface area (Å²) < 4.78 is 15.5. The maximum Gasteiger partial charge on any atom is 0.242 e. The first-order valence-corrected chi connectivity index (χ1v) is 6.31. The van der Waals surface area contributed by atoms with Gasteiger partial charge in [0.1, 0.15) is 23.5 Å². The highest BCUT2D eigenvalue weighted by molar-refractivity contribution is 6.32. The molecule has 0 saturated heterocycles. The molecule has 0 bridgehead atoms. The van der Waals surface area contributed by atoms with Gasteiger partial charge in [-0.3, -0.25) is 0 Å². The highest BCUT2D eigenvalue weighted by atomic mass is 35.5. The van der Waals surface area contributed by atoms with Gasteiger partial charge in [-0.2, -0.15) is 4.98 Å². The summed E-state index contributed by atoms with van der Waals surface area (Å²) in [5, 5.41) is 3.49. The third-order valence-electron chi connectivity index (χ3n) is 2.77. The number of halogens is 1. The first-order chi connectivity index (χ1) is 10.1. The summed E-state index contributed by atoms with van der Waals surface area (Å²) in [7, 11) is 4.54. The number of benzene rings is 1. The molecule has 2 aromatic rings. The highest BCUT2D eigenvalue weighted by Crippen LogP contribution is 2.38. The van der Waals surface area contributed by atoms with Crippen molar-refractivity contribution in [1.82, 2.24) is 9.97 Å². The summed E-state index contributed by atoms with van der Waals surface area (Å²) in [6.07, 6.45) is 1.34. The van der Waals surface area contributed by atoms with Gasteiger partial charge in [0.2, 0.25) is 5.88 Å². The molecule has 21 heavy (non-hydrogen) atoms. The minimum atomic E-state index is 0.285. The Morgan fingerprint density at radius 3 is 2.38 bits per heavy atom. The minimum Gasteiger partial charge on any atom is -0.495 e. The first-order valence-electron chi connectivity index (χ1n) is 5.93. The third kappa shape index (κ3) is 3.03. The molecule has 8 heteroatoms. The predicted octanol–water partition coefficient (Wildman–Crippen LogP) is 2.48. The van der Waals surface area contributed by atoms with E-state index in [1.165, 1.54) is 27.7 Å². The van der Waals surface area contributed by atoms with E-state index in [2.05, 4.69) is 15.3 Å². The molecule has 1 heterocycles. The number of anilines is 3. The van der Waals surface area contributed by atoms with Gasteiger partial charge in [0.05, 0.1) is 32.0 Å². The Morgan fingerprint density at radius 2 is 1.76 bits per heavy atom. The van der Waals surface area contributed by atoms with E-state index in [0.29, 0.717) is 28.0 Å². The average molecular weight is 311 g/mol. The number of nitrogens with zero attached hydrogens (tertiary/aromatic N) is 2. The molecule has 0 aliphatic heterocycles. The fraction of sp³-hybridized carbons (Fsp3) is 0.231. The number of methoxy groups -OCH3 is 3. The van der Waals surface area contributed by atoms with E-state index in [1.807, 2.05) is 0 Å². The Labute approximate surface area is 127 Å². The van der Waals surface area contributed by atoms with Crippen LogP contribution in [0.25, 0.3) is 0 Å². The van der Waals surface area contributed by atoms with E-state index in [-0.39, 0.29) is 11.6 Å². The first kappa shape index (κ1) is 15.0. The lowest BCUT2D eigenvalue weighted by Gasteiger charge is -2.15. The Hall–Kier alpha value is -2.41. The van der Waals surface area contributed by atoms with Gasteiger partial charge in [0.15, 0.2) is 5.82 Å². The molecular formula is C13H15ClN4O3. The van der Waals surface area contributed by atoms with Gasteiger partial charge in [-0.1, -0.05) is 11.6 Å². The van der Waals surface area contributed by atoms with Gasteiger partial charge in [-0.25, -0.2) is 4.98 Å². The Kier molecular flexibility index (Phi) is 4.54. The molecule has 0 aliphatic rings. The van der Waals surface area contributed by atoms with E-state index in [0.717, 1.165) is 0 Å². The van der Waals surface area contributed by atoms with Crippen LogP contribution in [-0.2, 0) is 0 Å².